The number of carbonyl (C=O) groups is 1. The molecule has 1 aromatic carbocycles. The first-order valence-electron chi connectivity index (χ1n) is 9.68. The molecule has 8 heteroatoms. The third-order valence-electron chi connectivity index (χ3n) is 5.05. The predicted octanol–water partition coefficient (Wildman–Crippen LogP) is 5.20. The number of H-pyrrole nitrogens is 1. The molecule has 0 unspecified atom stereocenters. The summed E-state index contributed by atoms with van der Waals surface area (Å²) in [7, 11) is 0. The zero-order chi connectivity index (χ0) is 20.4. The maximum atomic E-state index is 12.6. The lowest BCUT2D eigenvalue weighted by Crippen LogP contribution is -2.14. The fourth-order valence-electron chi connectivity index (χ4n) is 3.59. The van der Waals surface area contributed by atoms with Gasteiger partial charge in [-0.3, -0.25) is 9.59 Å². The number of aromatic amines is 1. The Hall–Kier alpha value is -1.64. The van der Waals surface area contributed by atoms with Crippen molar-refractivity contribution in [2.45, 2.75) is 44.8 Å². The highest BCUT2D eigenvalue weighted by Gasteiger charge is 2.19. The molecule has 0 atom stereocenters. The number of carbonyl (C=O) groups excluding carboxylic acids is 1. The normalized spacial score (nSPS) is 13.4. The quantitative estimate of drug-likeness (QED) is 0.464. The standard InChI is InChI=1S/C21H22BrN3O2S2/c1-12-10-13(22)6-7-15(12)23-18(26)8-9-28-11-17-24-20(27)19-14-4-2-3-5-16(14)29-21(19)25-17/h6-7,10H,2-5,8-9,11H2,1H3,(H,23,26)(H,24,25,27). The van der Waals surface area contributed by atoms with Crippen molar-refractivity contribution in [2.24, 2.45) is 0 Å². The monoisotopic (exact) mass is 491 g/mol. The number of hydrogen-bond donors (Lipinski definition) is 2. The van der Waals surface area contributed by atoms with Crippen LogP contribution in [0.15, 0.2) is 27.5 Å². The van der Waals surface area contributed by atoms with Gasteiger partial charge in [-0.05, 0) is 61.9 Å². The molecule has 29 heavy (non-hydrogen) atoms. The van der Waals surface area contributed by atoms with E-state index in [1.807, 2.05) is 25.1 Å². The van der Waals surface area contributed by atoms with E-state index in [1.54, 1.807) is 23.1 Å². The number of nitrogens with one attached hydrogen (secondary N) is 2. The molecular formula is C21H22BrN3O2S2. The van der Waals surface area contributed by atoms with Gasteiger partial charge in [0.05, 0.1) is 11.1 Å². The van der Waals surface area contributed by atoms with Crippen LogP contribution >= 0.6 is 39.0 Å². The summed E-state index contributed by atoms with van der Waals surface area (Å²) in [5.41, 5.74) is 3.05. The average molecular weight is 492 g/mol. The van der Waals surface area contributed by atoms with Gasteiger partial charge in [0, 0.05) is 27.2 Å². The number of amides is 1. The minimum absolute atomic E-state index is 0.00856. The van der Waals surface area contributed by atoms with Gasteiger partial charge >= 0.3 is 0 Å². The Balaban J connectivity index is 1.33. The molecule has 152 valence electrons. The number of fused-ring (bicyclic) bond motifs is 3. The number of anilines is 1. The Bertz CT molecular complexity index is 1120. The number of benzene rings is 1. The van der Waals surface area contributed by atoms with E-state index in [0.29, 0.717) is 23.8 Å². The Morgan fingerprint density at radius 3 is 3.00 bits per heavy atom. The summed E-state index contributed by atoms with van der Waals surface area (Å²) in [4.78, 5) is 34.6. The van der Waals surface area contributed by atoms with Crippen molar-refractivity contribution in [1.82, 2.24) is 9.97 Å². The zero-order valence-electron chi connectivity index (χ0n) is 16.1. The molecule has 1 aliphatic carbocycles. The molecule has 0 bridgehead atoms. The number of aryl methyl sites for hydroxylation is 3. The van der Waals surface area contributed by atoms with Crippen molar-refractivity contribution in [3.8, 4) is 0 Å². The first-order valence-corrected chi connectivity index (χ1v) is 12.4. The van der Waals surface area contributed by atoms with E-state index in [4.69, 9.17) is 0 Å². The van der Waals surface area contributed by atoms with Gasteiger partial charge in [-0.15, -0.1) is 11.3 Å². The van der Waals surface area contributed by atoms with Crippen LogP contribution in [0.25, 0.3) is 10.2 Å². The van der Waals surface area contributed by atoms with Crippen LogP contribution in [0.2, 0.25) is 0 Å². The summed E-state index contributed by atoms with van der Waals surface area (Å²) in [6.07, 6.45) is 4.81. The van der Waals surface area contributed by atoms with E-state index < -0.39 is 0 Å². The molecule has 0 radical (unpaired) electrons. The molecule has 4 rings (SSSR count). The predicted molar refractivity (Wildman–Crippen MR) is 125 cm³/mol. The van der Waals surface area contributed by atoms with Crippen molar-refractivity contribution in [2.75, 3.05) is 11.1 Å². The summed E-state index contributed by atoms with van der Waals surface area (Å²) in [5, 5.41) is 3.75. The number of aromatic nitrogens is 2. The van der Waals surface area contributed by atoms with Crippen LogP contribution in [0.4, 0.5) is 5.69 Å². The Labute approximate surface area is 185 Å². The molecule has 2 N–H and O–H groups in total. The lowest BCUT2D eigenvalue weighted by Gasteiger charge is -2.09. The Morgan fingerprint density at radius 1 is 1.34 bits per heavy atom. The zero-order valence-corrected chi connectivity index (χ0v) is 19.4. The highest BCUT2D eigenvalue weighted by molar-refractivity contribution is 9.10. The molecule has 0 aliphatic heterocycles. The van der Waals surface area contributed by atoms with Crippen LogP contribution < -0.4 is 10.9 Å². The van der Waals surface area contributed by atoms with Crippen LogP contribution in [0.3, 0.4) is 0 Å². The summed E-state index contributed by atoms with van der Waals surface area (Å²) in [6.45, 7) is 1.97. The molecule has 0 fully saturated rings. The highest BCUT2D eigenvalue weighted by atomic mass is 79.9. The van der Waals surface area contributed by atoms with Crippen LogP contribution in [0, 0.1) is 6.92 Å². The van der Waals surface area contributed by atoms with Crippen LogP contribution in [-0.4, -0.2) is 21.6 Å². The third-order valence-corrected chi connectivity index (χ3v) is 7.70. The minimum atomic E-state index is -0.0199. The van der Waals surface area contributed by atoms with Gasteiger partial charge < -0.3 is 10.3 Å². The van der Waals surface area contributed by atoms with E-state index in [9.17, 15) is 9.59 Å². The van der Waals surface area contributed by atoms with Crippen molar-refractivity contribution in [3.05, 3.63) is 54.9 Å². The molecule has 0 saturated carbocycles. The second-order valence-corrected chi connectivity index (χ2v) is 10.3. The lowest BCUT2D eigenvalue weighted by molar-refractivity contribution is -0.115. The largest absolute Gasteiger partial charge is 0.326 e. The summed E-state index contributed by atoms with van der Waals surface area (Å²) < 4.78 is 0.994. The number of nitrogens with zero attached hydrogens (tertiary/aromatic N) is 1. The maximum absolute atomic E-state index is 12.6. The summed E-state index contributed by atoms with van der Waals surface area (Å²) in [6, 6.07) is 5.79. The van der Waals surface area contributed by atoms with Gasteiger partial charge in [-0.25, -0.2) is 4.98 Å². The van der Waals surface area contributed by atoms with Gasteiger partial charge in [0.2, 0.25) is 5.91 Å². The van der Waals surface area contributed by atoms with Crippen molar-refractivity contribution < 1.29 is 4.79 Å². The fourth-order valence-corrected chi connectivity index (χ4v) is 6.15. The molecular weight excluding hydrogens is 470 g/mol. The number of rotatable bonds is 6. The SMILES string of the molecule is Cc1cc(Br)ccc1NC(=O)CCSCc1nc2sc3c(c2c(=O)[nH]1)CCCC3. The fraction of sp³-hybridized carbons (Fsp3) is 0.381. The van der Waals surface area contributed by atoms with Gasteiger partial charge in [-0.2, -0.15) is 11.8 Å². The van der Waals surface area contributed by atoms with E-state index in [0.717, 1.165) is 45.2 Å². The minimum Gasteiger partial charge on any atom is -0.326 e. The first kappa shape index (κ1) is 20.6. The Kier molecular flexibility index (Phi) is 6.41. The average Bonchev–Trinajstić information content (AvgIpc) is 3.06. The molecule has 3 aromatic rings. The summed E-state index contributed by atoms with van der Waals surface area (Å²) >= 11 is 6.70. The molecule has 1 amide bonds. The number of hydrogen-bond acceptors (Lipinski definition) is 5. The highest BCUT2D eigenvalue weighted by Crippen LogP contribution is 2.33. The van der Waals surface area contributed by atoms with Gasteiger partial charge in [-0.1, -0.05) is 15.9 Å². The van der Waals surface area contributed by atoms with Crippen molar-refractivity contribution >= 4 is 60.8 Å². The molecule has 5 nitrogen and oxygen atoms in total. The molecule has 1 aliphatic rings. The van der Waals surface area contributed by atoms with E-state index in [-0.39, 0.29) is 11.5 Å². The van der Waals surface area contributed by atoms with Crippen LogP contribution in [0.5, 0.6) is 0 Å². The number of thioether (sulfide) groups is 1. The smallest absolute Gasteiger partial charge is 0.259 e. The number of thiophene rings is 1. The Morgan fingerprint density at radius 2 is 2.17 bits per heavy atom. The molecule has 2 heterocycles. The van der Waals surface area contributed by atoms with Crippen LogP contribution in [-0.2, 0) is 23.4 Å². The first-order chi connectivity index (χ1) is 14.0. The van der Waals surface area contributed by atoms with Gasteiger partial charge in [0.1, 0.15) is 10.7 Å². The van der Waals surface area contributed by atoms with E-state index >= 15 is 0 Å². The van der Waals surface area contributed by atoms with E-state index in [2.05, 4.69) is 31.2 Å². The number of halogens is 1. The van der Waals surface area contributed by atoms with Crippen LogP contribution in [0.1, 0.15) is 41.1 Å². The molecule has 2 aromatic heterocycles. The lowest BCUT2D eigenvalue weighted by atomic mass is 9.97. The van der Waals surface area contributed by atoms with Gasteiger partial charge in [0.25, 0.3) is 5.56 Å². The summed E-state index contributed by atoms with van der Waals surface area (Å²) in [5.74, 6) is 1.95. The van der Waals surface area contributed by atoms with Gasteiger partial charge in [0.15, 0.2) is 0 Å². The molecule has 0 saturated heterocycles. The second-order valence-electron chi connectivity index (χ2n) is 7.21. The second kappa shape index (κ2) is 9.02. The maximum Gasteiger partial charge on any atom is 0.259 e. The molecule has 0 spiro atoms. The third kappa shape index (κ3) is 4.75. The topological polar surface area (TPSA) is 74.8 Å². The van der Waals surface area contributed by atoms with Crippen molar-refractivity contribution in [1.29, 1.82) is 0 Å². The van der Waals surface area contributed by atoms with Crippen molar-refractivity contribution in [3.63, 3.8) is 0 Å². The van der Waals surface area contributed by atoms with E-state index in [1.165, 1.54) is 16.9 Å².